The smallest absolute Gasteiger partial charge is 0.336 e. The van der Waals surface area contributed by atoms with Crippen LogP contribution in [0.3, 0.4) is 0 Å². The summed E-state index contributed by atoms with van der Waals surface area (Å²) in [4.78, 5) is 24.4. The lowest BCUT2D eigenvalue weighted by molar-refractivity contribution is -0.125. The second-order valence-electron chi connectivity index (χ2n) is 6.21. The van der Waals surface area contributed by atoms with Gasteiger partial charge in [-0.15, -0.1) is 0 Å². The largest absolute Gasteiger partial charge is 0.457 e. The van der Waals surface area contributed by atoms with Crippen LogP contribution in [-0.2, 0) is 4.79 Å². The van der Waals surface area contributed by atoms with Gasteiger partial charge in [-0.3, -0.25) is 10.2 Å². The molecule has 0 unspecified atom stereocenters. The zero-order chi connectivity index (χ0) is 17.2. The van der Waals surface area contributed by atoms with Crippen molar-refractivity contribution in [1.82, 2.24) is 15.8 Å². The van der Waals surface area contributed by atoms with E-state index < -0.39 is 0 Å². The van der Waals surface area contributed by atoms with Crippen molar-refractivity contribution in [2.45, 2.75) is 18.8 Å². The molecule has 0 atom stereocenters. The van der Waals surface area contributed by atoms with E-state index in [-0.39, 0.29) is 24.3 Å². The molecule has 2 N–H and O–H groups in total. The van der Waals surface area contributed by atoms with E-state index in [1.54, 1.807) is 0 Å². The Labute approximate surface area is 145 Å². The number of fused-ring (bicyclic) bond motifs is 2. The number of carbonyl (C=O) groups is 2. The fourth-order valence-electron chi connectivity index (χ4n) is 3.35. The van der Waals surface area contributed by atoms with Crippen molar-refractivity contribution >= 4 is 11.9 Å². The molecule has 0 saturated carbocycles. The molecule has 3 amide bonds. The predicted molar refractivity (Wildman–Crippen MR) is 92.3 cm³/mol. The van der Waals surface area contributed by atoms with Crippen molar-refractivity contribution in [2.24, 2.45) is 0 Å². The third kappa shape index (κ3) is 3.03. The number of carbonyl (C=O) groups excluding carboxylic acids is 2. The van der Waals surface area contributed by atoms with E-state index in [1.807, 2.05) is 48.5 Å². The Kier molecular flexibility index (Phi) is 4.01. The maximum absolute atomic E-state index is 12.6. The summed E-state index contributed by atoms with van der Waals surface area (Å²) in [6.07, 6.45) is 1.07. The first-order valence-electron chi connectivity index (χ1n) is 8.43. The molecule has 1 fully saturated rings. The average molecular weight is 337 g/mol. The van der Waals surface area contributed by atoms with Gasteiger partial charge in [-0.25, -0.2) is 9.80 Å². The first kappa shape index (κ1) is 15.5. The molecule has 0 radical (unpaired) electrons. The lowest BCUT2D eigenvalue weighted by Gasteiger charge is -2.30. The number of para-hydroxylation sites is 2. The van der Waals surface area contributed by atoms with Gasteiger partial charge in [0.2, 0.25) is 5.91 Å². The van der Waals surface area contributed by atoms with Gasteiger partial charge in [-0.05, 0) is 18.6 Å². The first-order valence-corrected chi connectivity index (χ1v) is 8.43. The quantitative estimate of drug-likeness (QED) is 0.905. The number of ether oxygens (including phenoxy) is 1. The van der Waals surface area contributed by atoms with Crippen LogP contribution in [0.5, 0.6) is 11.5 Å². The zero-order valence-corrected chi connectivity index (χ0v) is 13.7. The highest BCUT2D eigenvalue weighted by Crippen LogP contribution is 2.45. The molecule has 6 heteroatoms. The van der Waals surface area contributed by atoms with Crippen LogP contribution in [-0.4, -0.2) is 30.0 Å². The molecule has 0 aromatic heterocycles. The minimum Gasteiger partial charge on any atom is -0.457 e. The molecule has 4 rings (SSSR count). The Morgan fingerprint density at radius 2 is 1.76 bits per heavy atom. The van der Waals surface area contributed by atoms with Gasteiger partial charge >= 0.3 is 6.03 Å². The third-order valence-electron chi connectivity index (χ3n) is 4.54. The van der Waals surface area contributed by atoms with Crippen molar-refractivity contribution in [3.63, 3.8) is 0 Å². The van der Waals surface area contributed by atoms with Crippen LogP contribution < -0.4 is 15.5 Å². The van der Waals surface area contributed by atoms with Crippen molar-refractivity contribution < 1.29 is 14.3 Å². The van der Waals surface area contributed by atoms with E-state index in [0.717, 1.165) is 29.0 Å². The van der Waals surface area contributed by atoms with Gasteiger partial charge in [0.05, 0.1) is 0 Å². The highest BCUT2D eigenvalue weighted by Gasteiger charge is 2.29. The molecular formula is C19H19N3O3. The van der Waals surface area contributed by atoms with E-state index in [0.29, 0.717) is 13.1 Å². The number of urea groups is 1. The first-order chi connectivity index (χ1) is 12.2. The molecular weight excluding hydrogens is 318 g/mol. The molecule has 2 aromatic carbocycles. The summed E-state index contributed by atoms with van der Waals surface area (Å²) in [5.74, 6) is 1.26. The SMILES string of the molecule is O=C(CC1c2ccccc2Oc2ccccc21)NN1CCCNC1=O. The van der Waals surface area contributed by atoms with Crippen LogP contribution in [0.15, 0.2) is 48.5 Å². The van der Waals surface area contributed by atoms with E-state index in [2.05, 4.69) is 10.7 Å². The van der Waals surface area contributed by atoms with Gasteiger partial charge in [-0.2, -0.15) is 0 Å². The molecule has 2 aromatic rings. The molecule has 2 aliphatic heterocycles. The van der Waals surface area contributed by atoms with Crippen molar-refractivity contribution in [2.75, 3.05) is 13.1 Å². The Bertz CT molecular complexity index is 776. The summed E-state index contributed by atoms with van der Waals surface area (Å²) >= 11 is 0. The molecule has 25 heavy (non-hydrogen) atoms. The van der Waals surface area contributed by atoms with E-state index in [1.165, 1.54) is 5.01 Å². The van der Waals surface area contributed by atoms with Crippen LogP contribution in [0.1, 0.15) is 29.9 Å². The Morgan fingerprint density at radius 3 is 2.40 bits per heavy atom. The lowest BCUT2D eigenvalue weighted by Crippen LogP contribution is -2.54. The fourth-order valence-corrected chi connectivity index (χ4v) is 3.35. The van der Waals surface area contributed by atoms with E-state index in [4.69, 9.17) is 4.74 Å². The fraction of sp³-hybridized carbons (Fsp3) is 0.263. The summed E-state index contributed by atoms with van der Waals surface area (Å²) < 4.78 is 5.95. The minimum atomic E-state index is -0.257. The monoisotopic (exact) mass is 337 g/mol. The number of benzene rings is 2. The Morgan fingerprint density at radius 1 is 1.12 bits per heavy atom. The van der Waals surface area contributed by atoms with Gasteiger partial charge in [0.15, 0.2) is 0 Å². The summed E-state index contributed by atoms with van der Waals surface area (Å²) in [5, 5.41) is 4.07. The second kappa shape index (κ2) is 6.47. The van der Waals surface area contributed by atoms with Crippen molar-refractivity contribution in [1.29, 1.82) is 0 Å². The maximum atomic E-state index is 12.6. The van der Waals surface area contributed by atoms with E-state index in [9.17, 15) is 9.59 Å². The molecule has 2 heterocycles. The maximum Gasteiger partial charge on any atom is 0.336 e. The number of hydrogen-bond donors (Lipinski definition) is 2. The highest BCUT2D eigenvalue weighted by molar-refractivity contribution is 5.82. The third-order valence-corrected chi connectivity index (χ3v) is 4.54. The van der Waals surface area contributed by atoms with Gasteiger partial charge in [0, 0.05) is 36.6 Å². The van der Waals surface area contributed by atoms with Crippen LogP contribution in [0.2, 0.25) is 0 Å². The number of amides is 3. The lowest BCUT2D eigenvalue weighted by atomic mass is 9.85. The molecule has 0 aliphatic carbocycles. The number of rotatable bonds is 3. The number of nitrogens with one attached hydrogen (secondary N) is 2. The molecule has 0 spiro atoms. The zero-order valence-electron chi connectivity index (χ0n) is 13.7. The highest BCUT2D eigenvalue weighted by atomic mass is 16.5. The topological polar surface area (TPSA) is 70.7 Å². The van der Waals surface area contributed by atoms with E-state index >= 15 is 0 Å². The molecule has 6 nitrogen and oxygen atoms in total. The number of hydrogen-bond acceptors (Lipinski definition) is 3. The molecule has 2 aliphatic rings. The van der Waals surface area contributed by atoms with Crippen LogP contribution in [0.25, 0.3) is 0 Å². The summed E-state index contributed by atoms with van der Waals surface area (Å²) in [7, 11) is 0. The predicted octanol–water partition coefficient (Wildman–Crippen LogP) is 2.76. The number of nitrogens with zero attached hydrogens (tertiary/aromatic N) is 1. The summed E-state index contributed by atoms with van der Waals surface area (Å²) in [6, 6.07) is 15.3. The van der Waals surface area contributed by atoms with Gasteiger partial charge in [0.25, 0.3) is 0 Å². The van der Waals surface area contributed by atoms with Gasteiger partial charge < -0.3 is 10.1 Å². The van der Waals surface area contributed by atoms with Gasteiger partial charge in [0.1, 0.15) is 11.5 Å². The van der Waals surface area contributed by atoms with Crippen molar-refractivity contribution in [3.8, 4) is 11.5 Å². The standard InChI is InChI=1S/C19H19N3O3/c23-18(21-22-11-5-10-20-19(22)24)12-15-13-6-1-3-8-16(13)25-17-9-4-2-7-14(15)17/h1-4,6-9,15H,5,10-12H2,(H,20,24)(H,21,23). The second-order valence-corrected chi connectivity index (χ2v) is 6.21. The Balaban J connectivity index is 1.57. The Hall–Kier alpha value is -3.02. The van der Waals surface area contributed by atoms with Gasteiger partial charge in [-0.1, -0.05) is 36.4 Å². The normalized spacial score (nSPS) is 16.3. The van der Waals surface area contributed by atoms with Crippen LogP contribution >= 0.6 is 0 Å². The number of hydrazine groups is 1. The molecule has 128 valence electrons. The van der Waals surface area contributed by atoms with Crippen LogP contribution in [0.4, 0.5) is 4.79 Å². The van der Waals surface area contributed by atoms with Crippen LogP contribution in [0, 0.1) is 0 Å². The average Bonchev–Trinajstić information content (AvgIpc) is 2.63. The molecule has 1 saturated heterocycles. The van der Waals surface area contributed by atoms with Crippen molar-refractivity contribution in [3.05, 3.63) is 59.7 Å². The molecule has 0 bridgehead atoms. The summed E-state index contributed by atoms with van der Waals surface area (Å²) in [6.45, 7) is 1.17. The minimum absolute atomic E-state index is 0.103. The summed E-state index contributed by atoms with van der Waals surface area (Å²) in [5.41, 5.74) is 4.69.